The van der Waals surface area contributed by atoms with Gasteiger partial charge in [-0.25, -0.2) is 18.4 Å². The summed E-state index contributed by atoms with van der Waals surface area (Å²) in [4.78, 5) is 8.04. The molecule has 0 aliphatic heterocycles. The number of nitrogens with zero attached hydrogens (tertiary/aromatic N) is 3. The molecule has 2 aromatic heterocycles. The van der Waals surface area contributed by atoms with Crippen molar-refractivity contribution in [3.63, 3.8) is 0 Å². The second-order valence-electron chi connectivity index (χ2n) is 8.96. The normalized spacial score (nSPS) is 18.3. The van der Waals surface area contributed by atoms with E-state index in [4.69, 9.17) is 16.0 Å². The Labute approximate surface area is 222 Å². The highest BCUT2D eigenvalue weighted by molar-refractivity contribution is 7.92. The zero-order valence-corrected chi connectivity index (χ0v) is 21.8. The van der Waals surface area contributed by atoms with E-state index in [9.17, 15) is 21.6 Å². The van der Waals surface area contributed by atoms with Crippen molar-refractivity contribution in [3.8, 4) is 11.3 Å². The fourth-order valence-corrected chi connectivity index (χ4v) is 6.34. The lowest BCUT2D eigenvalue weighted by atomic mass is 9.83. The van der Waals surface area contributed by atoms with Gasteiger partial charge >= 0.3 is 6.18 Å². The average molecular weight is 560 g/mol. The van der Waals surface area contributed by atoms with Crippen LogP contribution in [-0.2, 0) is 20.8 Å². The Morgan fingerprint density at radius 2 is 1.71 bits per heavy atom. The maximum absolute atomic E-state index is 13.9. The van der Waals surface area contributed by atoms with E-state index < -0.39 is 26.5 Å². The summed E-state index contributed by atoms with van der Waals surface area (Å²) in [5, 5.41) is 0.467. The minimum Gasteiger partial charge on any atom is -0.443 e. The van der Waals surface area contributed by atoms with Gasteiger partial charge in [-0.05, 0) is 48.4 Å². The van der Waals surface area contributed by atoms with Crippen molar-refractivity contribution in [2.75, 3.05) is 6.26 Å². The molecule has 0 saturated carbocycles. The molecular formula is C27H21ClF3N3O3S. The summed E-state index contributed by atoms with van der Waals surface area (Å²) in [7, 11) is -4.12. The van der Waals surface area contributed by atoms with Gasteiger partial charge in [0.1, 0.15) is 11.5 Å². The number of aromatic nitrogens is 3. The SMILES string of the molecule is Cc1nc(C(F)(F)F)cn1C1=CC=C(c2ccccc2)CC1(c1ncoc1-c1ccc(Cl)cc1)S(C)(=O)=O. The number of halogens is 4. The predicted octanol–water partition coefficient (Wildman–Crippen LogP) is 6.79. The smallest absolute Gasteiger partial charge is 0.434 e. The molecule has 1 atom stereocenters. The van der Waals surface area contributed by atoms with Crippen LogP contribution in [0.25, 0.3) is 22.6 Å². The van der Waals surface area contributed by atoms with Crippen LogP contribution in [0.4, 0.5) is 13.2 Å². The largest absolute Gasteiger partial charge is 0.443 e. The van der Waals surface area contributed by atoms with Gasteiger partial charge < -0.3 is 8.98 Å². The number of sulfone groups is 1. The van der Waals surface area contributed by atoms with Gasteiger partial charge in [0.05, 0.1) is 5.70 Å². The van der Waals surface area contributed by atoms with Gasteiger partial charge in [-0.3, -0.25) is 0 Å². The average Bonchev–Trinajstić information content (AvgIpc) is 3.51. The van der Waals surface area contributed by atoms with Gasteiger partial charge in [0.15, 0.2) is 32.4 Å². The van der Waals surface area contributed by atoms with E-state index in [0.29, 0.717) is 16.2 Å². The van der Waals surface area contributed by atoms with E-state index in [0.717, 1.165) is 24.4 Å². The second-order valence-corrected chi connectivity index (χ2v) is 11.6. The molecule has 4 aromatic rings. The lowest BCUT2D eigenvalue weighted by Gasteiger charge is -2.37. The first-order valence-corrected chi connectivity index (χ1v) is 13.7. The molecule has 0 N–H and O–H groups in total. The molecular weight excluding hydrogens is 539 g/mol. The maximum atomic E-state index is 13.9. The van der Waals surface area contributed by atoms with Gasteiger partial charge in [0, 0.05) is 29.5 Å². The number of aryl methyl sites for hydroxylation is 1. The Morgan fingerprint density at radius 3 is 2.32 bits per heavy atom. The fourth-order valence-electron chi connectivity index (χ4n) is 4.75. The fraction of sp³-hybridized carbons (Fsp3) is 0.185. The summed E-state index contributed by atoms with van der Waals surface area (Å²) >= 11 is 6.05. The molecule has 0 amide bonds. The number of alkyl halides is 3. The van der Waals surface area contributed by atoms with E-state index in [2.05, 4.69) is 9.97 Å². The zero-order valence-electron chi connectivity index (χ0n) is 20.2. The van der Waals surface area contributed by atoms with E-state index in [1.165, 1.54) is 17.6 Å². The molecule has 0 saturated heterocycles. The number of hydrogen-bond acceptors (Lipinski definition) is 5. The third-order valence-corrected chi connectivity index (χ3v) is 8.63. The molecule has 196 valence electrons. The molecule has 1 aliphatic rings. The van der Waals surface area contributed by atoms with Crippen molar-refractivity contribution in [2.45, 2.75) is 24.3 Å². The molecule has 6 nitrogen and oxygen atoms in total. The van der Waals surface area contributed by atoms with Gasteiger partial charge in [-0.1, -0.05) is 48.0 Å². The first-order chi connectivity index (χ1) is 17.9. The lowest BCUT2D eigenvalue weighted by Crippen LogP contribution is -2.41. The summed E-state index contributed by atoms with van der Waals surface area (Å²) in [6, 6.07) is 15.7. The predicted molar refractivity (Wildman–Crippen MR) is 139 cm³/mol. The van der Waals surface area contributed by atoms with Crippen LogP contribution in [-0.4, -0.2) is 29.2 Å². The molecule has 1 unspecified atom stereocenters. The van der Waals surface area contributed by atoms with Crippen molar-refractivity contribution < 1.29 is 26.0 Å². The van der Waals surface area contributed by atoms with Crippen LogP contribution in [0.3, 0.4) is 0 Å². The molecule has 2 heterocycles. The summed E-state index contributed by atoms with van der Waals surface area (Å²) in [5.41, 5.74) is 0.929. The van der Waals surface area contributed by atoms with Gasteiger partial charge in [-0.15, -0.1) is 0 Å². The number of imidazole rings is 1. The number of oxazole rings is 1. The third-order valence-electron chi connectivity index (χ3n) is 6.56. The van der Waals surface area contributed by atoms with Gasteiger partial charge in [-0.2, -0.15) is 13.2 Å². The molecule has 2 aromatic carbocycles. The molecule has 0 radical (unpaired) electrons. The van der Waals surface area contributed by atoms with E-state index >= 15 is 0 Å². The number of hydrogen-bond donors (Lipinski definition) is 0. The topological polar surface area (TPSA) is 78.0 Å². The van der Waals surface area contributed by atoms with Crippen molar-refractivity contribution in [1.82, 2.24) is 14.5 Å². The Bertz CT molecular complexity index is 1670. The Hall–Kier alpha value is -3.63. The number of benzene rings is 2. The molecule has 0 fully saturated rings. The van der Waals surface area contributed by atoms with Crippen LogP contribution in [0.1, 0.15) is 29.2 Å². The number of allylic oxidation sites excluding steroid dienone is 3. The van der Waals surface area contributed by atoms with Crippen LogP contribution < -0.4 is 0 Å². The van der Waals surface area contributed by atoms with Gasteiger partial charge in [0.25, 0.3) is 0 Å². The van der Waals surface area contributed by atoms with Crippen LogP contribution >= 0.6 is 11.6 Å². The monoisotopic (exact) mass is 559 g/mol. The minimum atomic E-state index is -4.72. The molecule has 5 rings (SSSR count). The maximum Gasteiger partial charge on any atom is 0.434 e. The Balaban J connectivity index is 1.82. The second kappa shape index (κ2) is 9.28. The molecule has 0 bridgehead atoms. The van der Waals surface area contributed by atoms with Crippen LogP contribution in [0.15, 0.2) is 83.8 Å². The summed E-state index contributed by atoms with van der Waals surface area (Å²) < 4.78 is 73.5. The molecule has 0 spiro atoms. The van der Waals surface area contributed by atoms with Gasteiger partial charge in [0.2, 0.25) is 0 Å². The quantitative estimate of drug-likeness (QED) is 0.269. The standard InChI is InChI=1S/C27H21ClF3N3O3S/c1-17-33-22(27(29,30)31)15-34(17)23-13-10-20(18-6-4-3-5-7-18)14-26(23,38(2,35)36)25-24(37-16-32-25)19-8-11-21(28)12-9-19/h3-13,15-16H,14H2,1-2H3. The Kier molecular flexibility index (Phi) is 6.35. The third kappa shape index (κ3) is 4.37. The van der Waals surface area contributed by atoms with Crippen molar-refractivity contribution in [2.24, 2.45) is 0 Å². The minimum absolute atomic E-state index is 0.0234. The van der Waals surface area contributed by atoms with Crippen molar-refractivity contribution in [3.05, 3.63) is 107 Å². The highest BCUT2D eigenvalue weighted by Crippen LogP contribution is 2.52. The lowest BCUT2D eigenvalue weighted by molar-refractivity contribution is -0.141. The zero-order chi connectivity index (χ0) is 27.3. The van der Waals surface area contributed by atoms with Crippen LogP contribution in [0.5, 0.6) is 0 Å². The molecule has 11 heteroatoms. The summed E-state index contributed by atoms with van der Waals surface area (Å²) in [5.74, 6) is 0.144. The highest BCUT2D eigenvalue weighted by atomic mass is 35.5. The highest BCUT2D eigenvalue weighted by Gasteiger charge is 2.53. The first-order valence-electron chi connectivity index (χ1n) is 11.4. The van der Waals surface area contributed by atoms with Crippen molar-refractivity contribution in [1.29, 1.82) is 0 Å². The van der Waals surface area contributed by atoms with Crippen LogP contribution in [0, 0.1) is 6.92 Å². The van der Waals surface area contributed by atoms with E-state index in [1.54, 1.807) is 30.3 Å². The Morgan fingerprint density at radius 1 is 1.03 bits per heavy atom. The van der Waals surface area contributed by atoms with E-state index in [-0.39, 0.29) is 29.4 Å². The van der Waals surface area contributed by atoms with Crippen LogP contribution in [0.2, 0.25) is 5.02 Å². The summed E-state index contributed by atoms with van der Waals surface area (Å²) in [6.07, 6.45) is 1.40. The first kappa shape index (κ1) is 26.0. The summed E-state index contributed by atoms with van der Waals surface area (Å²) in [6.45, 7) is 1.39. The molecule has 1 aliphatic carbocycles. The van der Waals surface area contributed by atoms with E-state index in [1.807, 2.05) is 30.3 Å². The molecule has 38 heavy (non-hydrogen) atoms. The van der Waals surface area contributed by atoms with Crippen molar-refractivity contribution >= 4 is 32.7 Å². The number of rotatable bonds is 5.